The van der Waals surface area contributed by atoms with Crippen molar-refractivity contribution in [2.24, 2.45) is 4.99 Å². The molecule has 1 saturated carbocycles. The molecule has 2 rings (SSSR count). The molecule has 0 aromatic rings. The van der Waals surface area contributed by atoms with Crippen molar-refractivity contribution in [1.82, 2.24) is 10.6 Å². The molecule has 7 heteroatoms. The van der Waals surface area contributed by atoms with E-state index in [0.29, 0.717) is 11.3 Å². The summed E-state index contributed by atoms with van der Waals surface area (Å²) >= 11 is 0. The predicted octanol–water partition coefficient (Wildman–Crippen LogP) is 2.42. The molecule has 4 atom stereocenters. The van der Waals surface area contributed by atoms with Crippen LogP contribution in [-0.4, -0.2) is 53.0 Å². The molecule has 1 aliphatic carbocycles. The van der Waals surface area contributed by atoms with Crippen LogP contribution in [0.15, 0.2) is 4.99 Å². The third-order valence-corrected chi connectivity index (χ3v) is 6.19. The van der Waals surface area contributed by atoms with Crippen LogP contribution in [0.25, 0.3) is 0 Å². The zero-order valence-electron chi connectivity index (χ0n) is 14.4. The molecule has 2 N–H and O–H groups in total. The Labute approximate surface area is 160 Å². The first-order valence-electron chi connectivity index (χ1n) is 8.76. The van der Waals surface area contributed by atoms with E-state index in [1.54, 1.807) is 0 Å². The Balaban J connectivity index is 0.00000264. The first-order chi connectivity index (χ1) is 10.7. The maximum atomic E-state index is 12.0. The first-order valence-corrected chi connectivity index (χ1v) is 10.1. The molecule has 1 aliphatic heterocycles. The summed E-state index contributed by atoms with van der Waals surface area (Å²) in [5, 5.41) is 7.20. The van der Waals surface area contributed by atoms with E-state index in [1.807, 2.05) is 6.92 Å². The Bertz CT molecular complexity index is 390. The van der Waals surface area contributed by atoms with Crippen LogP contribution in [0, 0.1) is 0 Å². The topological polar surface area (TPSA) is 62.7 Å². The number of rotatable bonds is 6. The predicted molar refractivity (Wildman–Crippen MR) is 108 cm³/mol. The van der Waals surface area contributed by atoms with Crippen LogP contribution in [-0.2, 0) is 15.5 Å². The SMILES string of the molecule is CCNC(=NCC1CCCO1)NC1CCCC(S(=O)CC)C1.I. The van der Waals surface area contributed by atoms with E-state index in [9.17, 15) is 4.21 Å². The molecule has 0 aromatic heterocycles. The van der Waals surface area contributed by atoms with E-state index in [0.717, 1.165) is 69.9 Å². The van der Waals surface area contributed by atoms with E-state index in [2.05, 4.69) is 22.5 Å². The standard InChI is InChI=1S/C16H31N3O2S.HI/c1-3-17-16(18-12-14-8-6-10-21-14)19-13-7-5-9-15(11-13)22(20)4-2;/h13-15H,3-12H2,1-2H3,(H2,17,18,19);1H. The van der Waals surface area contributed by atoms with Crippen LogP contribution in [0.5, 0.6) is 0 Å². The maximum absolute atomic E-state index is 12.0. The molecule has 1 saturated heterocycles. The molecule has 1 heterocycles. The summed E-state index contributed by atoms with van der Waals surface area (Å²) in [7, 11) is -0.679. The minimum Gasteiger partial charge on any atom is -0.376 e. The second-order valence-corrected chi connectivity index (χ2v) is 8.16. The molecular formula is C16H32IN3O2S. The van der Waals surface area contributed by atoms with Gasteiger partial charge in [0.05, 0.1) is 12.6 Å². The fraction of sp³-hybridized carbons (Fsp3) is 0.938. The lowest BCUT2D eigenvalue weighted by Gasteiger charge is -2.30. The minimum absolute atomic E-state index is 0. The second-order valence-electron chi connectivity index (χ2n) is 6.15. The number of nitrogens with one attached hydrogen (secondary N) is 2. The number of guanidine groups is 1. The zero-order chi connectivity index (χ0) is 15.8. The normalized spacial score (nSPS) is 29.7. The van der Waals surface area contributed by atoms with Gasteiger partial charge in [-0.3, -0.25) is 9.20 Å². The summed E-state index contributed by atoms with van der Waals surface area (Å²) in [6.45, 7) is 6.55. The van der Waals surface area contributed by atoms with Crippen LogP contribution in [0.4, 0.5) is 0 Å². The largest absolute Gasteiger partial charge is 0.376 e. The van der Waals surface area contributed by atoms with Gasteiger partial charge >= 0.3 is 0 Å². The molecule has 23 heavy (non-hydrogen) atoms. The molecule has 0 aromatic carbocycles. The molecule has 2 aliphatic rings. The van der Waals surface area contributed by atoms with E-state index < -0.39 is 10.8 Å². The maximum Gasteiger partial charge on any atom is 0.191 e. The first kappa shape index (κ1) is 21.2. The molecule has 2 fully saturated rings. The average Bonchev–Trinajstić information content (AvgIpc) is 3.06. The molecule has 4 unspecified atom stereocenters. The van der Waals surface area contributed by atoms with Crippen LogP contribution in [0.3, 0.4) is 0 Å². The van der Waals surface area contributed by atoms with Crippen LogP contribution in [0.1, 0.15) is 52.4 Å². The van der Waals surface area contributed by atoms with Gasteiger partial charge in [0.15, 0.2) is 5.96 Å². The fourth-order valence-corrected chi connectivity index (χ4v) is 4.59. The highest BCUT2D eigenvalue weighted by atomic mass is 127. The molecule has 0 spiro atoms. The third kappa shape index (κ3) is 7.25. The summed E-state index contributed by atoms with van der Waals surface area (Å²) in [4.78, 5) is 4.67. The smallest absolute Gasteiger partial charge is 0.191 e. The van der Waals surface area contributed by atoms with E-state index in [1.165, 1.54) is 0 Å². The third-order valence-electron chi connectivity index (χ3n) is 4.44. The molecule has 136 valence electrons. The number of hydrogen-bond acceptors (Lipinski definition) is 3. The highest BCUT2D eigenvalue weighted by molar-refractivity contribution is 14.0. The lowest BCUT2D eigenvalue weighted by Crippen LogP contribution is -2.47. The van der Waals surface area contributed by atoms with Crippen molar-refractivity contribution in [2.75, 3.05) is 25.4 Å². The van der Waals surface area contributed by atoms with Gasteiger partial charge in [0.25, 0.3) is 0 Å². The number of aliphatic imine (C=N–C) groups is 1. The highest BCUT2D eigenvalue weighted by Gasteiger charge is 2.26. The van der Waals surface area contributed by atoms with Gasteiger partial charge in [0.1, 0.15) is 0 Å². The lowest BCUT2D eigenvalue weighted by molar-refractivity contribution is 0.117. The number of ether oxygens (including phenoxy) is 1. The van der Waals surface area contributed by atoms with Gasteiger partial charge in [-0.25, -0.2) is 0 Å². The number of nitrogens with zero attached hydrogens (tertiary/aromatic N) is 1. The van der Waals surface area contributed by atoms with Crippen molar-refractivity contribution in [3.8, 4) is 0 Å². The van der Waals surface area contributed by atoms with Crippen molar-refractivity contribution in [1.29, 1.82) is 0 Å². The summed E-state index contributed by atoms with van der Waals surface area (Å²) in [6, 6.07) is 0.386. The van der Waals surface area contributed by atoms with Gasteiger partial charge in [0.2, 0.25) is 0 Å². The van der Waals surface area contributed by atoms with Crippen molar-refractivity contribution in [3.63, 3.8) is 0 Å². The number of hydrogen-bond donors (Lipinski definition) is 2. The Kier molecular flexibility index (Phi) is 10.7. The van der Waals surface area contributed by atoms with Crippen LogP contribution >= 0.6 is 24.0 Å². The molecule has 0 radical (unpaired) electrons. The number of halogens is 1. The minimum atomic E-state index is -0.679. The van der Waals surface area contributed by atoms with Crippen LogP contribution in [0.2, 0.25) is 0 Å². The Morgan fingerprint density at radius 1 is 1.26 bits per heavy atom. The van der Waals surface area contributed by atoms with Crippen molar-refractivity contribution < 1.29 is 8.95 Å². The fourth-order valence-electron chi connectivity index (χ4n) is 3.25. The molecular weight excluding hydrogens is 425 g/mol. The van der Waals surface area contributed by atoms with Crippen LogP contribution < -0.4 is 10.6 Å². The zero-order valence-corrected chi connectivity index (χ0v) is 17.5. The average molecular weight is 457 g/mol. The van der Waals surface area contributed by atoms with Gasteiger partial charge in [-0.05, 0) is 39.0 Å². The monoisotopic (exact) mass is 457 g/mol. The summed E-state index contributed by atoms with van der Waals surface area (Å²) in [5.74, 6) is 1.65. The van der Waals surface area contributed by atoms with Gasteiger partial charge < -0.3 is 15.4 Å². The Morgan fingerprint density at radius 3 is 2.74 bits per heavy atom. The van der Waals surface area contributed by atoms with E-state index in [-0.39, 0.29) is 30.1 Å². The quantitative estimate of drug-likeness (QED) is 0.366. The lowest BCUT2D eigenvalue weighted by atomic mass is 9.95. The van der Waals surface area contributed by atoms with E-state index >= 15 is 0 Å². The van der Waals surface area contributed by atoms with Gasteiger partial charge in [-0.2, -0.15) is 0 Å². The second kappa shape index (κ2) is 11.6. The summed E-state index contributed by atoms with van der Waals surface area (Å²) in [6.07, 6.45) is 6.93. The molecule has 5 nitrogen and oxygen atoms in total. The summed E-state index contributed by atoms with van der Waals surface area (Å²) in [5.41, 5.74) is 0. The van der Waals surface area contributed by atoms with Gasteiger partial charge in [-0.1, -0.05) is 13.3 Å². The van der Waals surface area contributed by atoms with Gasteiger partial charge in [-0.15, -0.1) is 24.0 Å². The van der Waals surface area contributed by atoms with Crippen molar-refractivity contribution in [3.05, 3.63) is 0 Å². The van der Waals surface area contributed by atoms with Crippen molar-refractivity contribution >= 4 is 40.7 Å². The molecule has 0 amide bonds. The van der Waals surface area contributed by atoms with Crippen molar-refractivity contribution in [2.45, 2.75) is 69.8 Å². The summed E-state index contributed by atoms with van der Waals surface area (Å²) < 4.78 is 17.7. The van der Waals surface area contributed by atoms with Gasteiger partial charge in [0, 0.05) is 41.0 Å². The Morgan fingerprint density at radius 2 is 2.09 bits per heavy atom. The van der Waals surface area contributed by atoms with E-state index in [4.69, 9.17) is 4.74 Å². The highest BCUT2D eigenvalue weighted by Crippen LogP contribution is 2.23. The molecule has 0 bridgehead atoms. The Hall–Kier alpha value is 0.110.